The minimum absolute atomic E-state index is 0.0360. The van der Waals surface area contributed by atoms with Crippen molar-refractivity contribution in [1.29, 1.82) is 0 Å². The molecule has 1 N–H and O–H groups in total. The molecule has 0 atom stereocenters. The van der Waals surface area contributed by atoms with Crippen molar-refractivity contribution in [2.24, 2.45) is 0 Å². The molecule has 0 unspecified atom stereocenters. The zero-order valence-electron chi connectivity index (χ0n) is 10.5. The summed E-state index contributed by atoms with van der Waals surface area (Å²) in [7, 11) is 0. The quantitative estimate of drug-likeness (QED) is 0.887. The van der Waals surface area contributed by atoms with E-state index in [1.807, 2.05) is 38.1 Å². The van der Waals surface area contributed by atoms with Crippen LogP contribution in [-0.4, -0.2) is 17.4 Å². The molecule has 1 heterocycles. The highest BCUT2D eigenvalue weighted by Gasteiger charge is 2.04. The Bertz CT molecular complexity index is 444. The maximum atomic E-state index is 10.6. The van der Waals surface area contributed by atoms with Crippen LogP contribution in [0.5, 0.6) is 0 Å². The first-order chi connectivity index (χ1) is 8.25. The van der Waals surface area contributed by atoms with Gasteiger partial charge in [0.25, 0.3) is 0 Å². The van der Waals surface area contributed by atoms with Gasteiger partial charge < -0.3 is 9.73 Å². The van der Waals surface area contributed by atoms with Crippen molar-refractivity contribution < 1.29 is 9.21 Å². The summed E-state index contributed by atoms with van der Waals surface area (Å²) in [4.78, 5) is 14.9. The SMILES string of the molecule is CC.CC(=O)NCCc1nc2ccccc2o1. The van der Waals surface area contributed by atoms with Crippen LogP contribution >= 0.6 is 0 Å². The van der Waals surface area contributed by atoms with Gasteiger partial charge in [-0.15, -0.1) is 0 Å². The minimum Gasteiger partial charge on any atom is -0.441 e. The molecule has 0 fully saturated rings. The van der Waals surface area contributed by atoms with Gasteiger partial charge in [0.15, 0.2) is 11.5 Å². The number of carbonyl (C=O) groups excluding carboxylic acids is 1. The molecule has 0 aliphatic heterocycles. The van der Waals surface area contributed by atoms with E-state index in [2.05, 4.69) is 10.3 Å². The molecule has 92 valence electrons. The van der Waals surface area contributed by atoms with E-state index < -0.39 is 0 Å². The molecule has 0 aliphatic carbocycles. The van der Waals surface area contributed by atoms with Crippen molar-refractivity contribution in [2.75, 3.05) is 6.54 Å². The van der Waals surface area contributed by atoms with Crippen LogP contribution in [0.15, 0.2) is 28.7 Å². The third-order valence-electron chi connectivity index (χ3n) is 2.05. The van der Waals surface area contributed by atoms with Crippen molar-refractivity contribution in [1.82, 2.24) is 10.3 Å². The molecule has 1 amide bonds. The Labute approximate surface area is 101 Å². The summed E-state index contributed by atoms with van der Waals surface area (Å²) in [6.07, 6.45) is 0.619. The first kappa shape index (κ1) is 13.2. The highest BCUT2D eigenvalue weighted by Crippen LogP contribution is 2.14. The lowest BCUT2D eigenvalue weighted by Gasteiger charge is -1.96. The van der Waals surface area contributed by atoms with Crippen molar-refractivity contribution in [3.63, 3.8) is 0 Å². The fourth-order valence-corrected chi connectivity index (χ4v) is 1.37. The van der Waals surface area contributed by atoms with Gasteiger partial charge in [-0.3, -0.25) is 4.79 Å². The number of para-hydroxylation sites is 2. The van der Waals surface area contributed by atoms with Gasteiger partial charge in [0.05, 0.1) is 0 Å². The van der Waals surface area contributed by atoms with Gasteiger partial charge in [-0.1, -0.05) is 26.0 Å². The lowest BCUT2D eigenvalue weighted by Crippen LogP contribution is -2.22. The Kier molecular flexibility index (Phi) is 5.20. The highest BCUT2D eigenvalue weighted by atomic mass is 16.3. The predicted octanol–water partition coefficient (Wildman–Crippen LogP) is 2.53. The second kappa shape index (κ2) is 6.68. The summed E-state index contributed by atoms with van der Waals surface area (Å²) >= 11 is 0. The molecule has 0 aliphatic rings. The first-order valence-electron chi connectivity index (χ1n) is 5.84. The standard InChI is InChI=1S/C11H12N2O2.C2H6/c1-8(14)12-7-6-11-13-9-4-2-3-5-10(9)15-11;1-2/h2-5H,6-7H2,1H3,(H,12,14);1-2H3. The smallest absolute Gasteiger partial charge is 0.216 e. The maximum absolute atomic E-state index is 10.6. The Morgan fingerprint density at radius 2 is 2.06 bits per heavy atom. The number of aromatic nitrogens is 1. The van der Waals surface area contributed by atoms with E-state index in [4.69, 9.17) is 4.42 Å². The number of nitrogens with zero attached hydrogens (tertiary/aromatic N) is 1. The largest absolute Gasteiger partial charge is 0.441 e. The van der Waals surface area contributed by atoms with E-state index >= 15 is 0 Å². The molecule has 2 aromatic rings. The molecule has 2 rings (SSSR count). The zero-order chi connectivity index (χ0) is 12.7. The topological polar surface area (TPSA) is 55.1 Å². The molecule has 4 heteroatoms. The Balaban J connectivity index is 0.000000686. The predicted molar refractivity (Wildman–Crippen MR) is 67.7 cm³/mol. The highest BCUT2D eigenvalue weighted by molar-refractivity contribution is 5.73. The molecule has 17 heavy (non-hydrogen) atoms. The van der Waals surface area contributed by atoms with Gasteiger partial charge in [-0.25, -0.2) is 4.98 Å². The molecular formula is C13H18N2O2. The monoisotopic (exact) mass is 234 g/mol. The molecule has 0 radical (unpaired) electrons. The molecule has 0 spiro atoms. The third kappa shape index (κ3) is 3.90. The maximum Gasteiger partial charge on any atom is 0.216 e. The van der Waals surface area contributed by atoms with Gasteiger partial charge in [0, 0.05) is 19.9 Å². The molecule has 0 saturated heterocycles. The second-order valence-corrected chi connectivity index (χ2v) is 3.31. The fourth-order valence-electron chi connectivity index (χ4n) is 1.37. The van der Waals surface area contributed by atoms with Gasteiger partial charge >= 0.3 is 0 Å². The summed E-state index contributed by atoms with van der Waals surface area (Å²) in [6.45, 7) is 6.05. The number of amides is 1. The van der Waals surface area contributed by atoms with Crippen molar-refractivity contribution >= 4 is 17.0 Å². The van der Waals surface area contributed by atoms with Crippen LogP contribution in [-0.2, 0) is 11.2 Å². The van der Waals surface area contributed by atoms with Crippen LogP contribution in [0.1, 0.15) is 26.7 Å². The Hall–Kier alpha value is -1.84. The van der Waals surface area contributed by atoms with E-state index in [0.29, 0.717) is 18.9 Å². The summed E-state index contributed by atoms with van der Waals surface area (Å²) < 4.78 is 5.49. The van der Waals surface area contributed by atoms with Crippen LogP contribution in [0.3, 0.4) is 0 Å². The summed E-state index contributed by atoms with van der Waals surface area (Å²) in [5.41, 5.74) is 1.64. The summed E-state index contributed by atoms with van der Waals surface area (Å²) in [5.74, 6) is 0.621. The molecule has 0 bridgehead atoms. The number of carbonyl (C=O) groups is 1. The van der Waals surface area contributed by atoms with E-state index in [0.717, 1.165) is 11.1 Å². The third-order valence-corrected chi connectivity index (χ3v) is 2.05. The average molecular weight is 234 g/mol. The molecule has 1 aromatic carbocycles. The average Bonchev–Trinajstić information content (AvgIpc) is 2.73. The number of nitrogens with one attached hydrogen (secondary N) is 1. The number of rotatable bonds is 3. The van der Waals surface area contributed by atoms with E-state index in [-0.39, 0.29) is 5.91 Å². The zero-order valence-corrected chi connectivity index (χ0v) is 10.5. The number of oxazole rings is 1. The molecule has 1 aromatic heterocycles. The van der Waals surface area contributed by atoms with Crippen molar-refractivity contribution in [3.8, 4) is 0 Å². The first-order valence-corrected chi connectivity index (χ1v) is 5.84. The van der Waals surface area contributed by atoms with E-state index in [9.17, 15) is 4.79 Å². The van der Waals surface area contributed by atoms with Gasteiger partial charge in [0.2, 0.25) is 5.91 Å². The normalized spacial score (nSPS) is 9.59. The van der Waals surface area contributed by atoms with Gasteiger partial charge in [-0.2, -0.15) is 0 Å². The van der Waals surface area contributed by atoms with E-state index in [1.165, 1.54) is 6.92 Å². The van der Waals surface area contributed by atoms with Crippen LogP contribution in [0.25, 0.3) is 11.1 Å². The number of fused-ring (bicyclic) bond motifs is 1. The van der Waals surface area contributed by atoms with Crippen molar-refractivity contribution in [2.45, 2.75) is 27.2 Å². The Morgan fingerprint density at radius 3 is 2.71 bits per heavy atom. The summed E-state index contributed by atoms with van der Waals surface area (Å²) in [6, 6.07) is 7.61. The van der Waals surface area contributed by atoms with Crippen LogP contribution in [0.4, 0.5) is 0 Å². The number of hydrogen-bond acceptors (Lipinski definition) is 3. The van der Waals surface area contributed by atoms with E-state index in [1.54, 1.807) is 0 Å². The number of benzene rings is 1. The molecular weight excluding hydrogens is 216 g/mol. The van der Waals surface area contributed by atoms with Crippen LogP contribution < -0.4 is 5.32 Å². The molecule has 4 nitrogen and oxygen atoms in total. The molecule has 0 saturated carbocycles. The van der Waals surface area contributed by atoms with Gasteiger partial charge in [-0.05, 0) is 12.1 Å². The fraction of sp³-hybridized carbons (Fsp3) is 0.385. The minimum atomic E-state index is -0.0360. The lowest BCUT2D eigenvalue weighted by atomic mass is 10.3. The van der Waals surface area contributed by atoms with Crippen LogP contribution in [0, 0.1) is 0 Å². The second-order valence-electron chi connectivity index (χ2n) is 3.31. The number of hydrogen-bond donors (Lipinski definition) is 1. The lowest BCUT2D eigenvalue weighted by molar-refractivity contribution is -0.118. The Morgan fingerprint density at radius 1 is 1.35 bits per heavy atom. The van der Waals surface area contributed by atoms with Gasteiger partial charge in [0.1, 0.15) is 5.52 Å². The van der Waals surface area contributed by atoms with Crippen molar-refractivity contribution in [3.05, 3.63) is 30.2 Å². The summed E-state index contributed by atoms with van der Waals surface area (Å²) in [5, 5.41) is 2.70. The van der Waals surface area contributed by atoms with Crippen LogP contribution in [0.2, 0.25) is 0 Å².